The summed E-state index contributed by atoms with van der Waals surface area (Å²) in [6.45, 7) is 2.19. The summed E-state index contributed by atoms with van der Waals surface area (Å²) in [5, 5.41) is 29.4. The summed E-state index contributed by atoms with van der Waals surface area (Å²) in [5.41, 5.74) is 0. The summed E-state index contributed by atoms with van der Waals surface area (Å²) < 4.78 is 5.36. The minimum atomic E-state index is -1.04. The summed E-state index contributed by atoms with van der Waals surface area (Å²) >= 11 is 0. The van der Waals surface area contributed by atoms with Crippen molar-refractivity contribution in [3.63, 3.8) is 0 Å². The van der Waals surface area contributed by atoms with Crippen molar-refractivity contribution in [3.05, 3.63) is 12.2 Å². The average Bonchev–Trinajstić information content (AvgIpc) is 2.50. The minimum absolute atomic E-state index is 0.118. The number of rotatable bonds is 8. The number of aliphatic hydroxyl groups is 3. The van der Waals surface area contributed by atoms with Crippen LogP contribution in [0.4, 0.5) is 0 Å². The van der Waals surface area contributed by atoms with E-state index < -0.39 is 30.4 Å². The van der Waals surface area contributed by atoms with Crippen molar-refractivity contribution < 1.29 is 24.9 Å². The molecule has 134 valence electrons. The first-order valence-electron chi connectivity index (χ1n) is 8.95. The molecule has 0 spiro atoms. The van der Waals surface area contributed by atoms with Gasteiger partial charge in [0.25, 0.3) is 0 Å². The molecule has 0 aliphatic carbocycles. The fourth-order valence-corrected chi connectivity index (χ4v) is 2.81. The van der Waals surface area contributed by atoms with Crippen LogP contribution in [0.25, 0.3) is 0 Å². The van der Waals surface area contributed by atoms with E-state index in [0.717, 1.165) is 12.8 Å². The Morgan fingerprint density at radius 3 is 2.39 bits per heavy atom. The number of hydrogen-bond donors (Lipinski definition) is 3. The topological polar surface area (TPSA) is 87.0 Å². The third kappa shape index (κ3) is 9.08. The van der Waals surface area contributed by atoms with E-state index in [9.17, 15) is 20.1 Å². The van der Waals surface area contributed by atoms with Crippen molar-refractivity contribution >= 4 is 5.97 Å². The van der Waals surface area contributed by atoms with E-state index >= 15 is 0 Å². The van der Waals surface area contributed by atoms with Gasteiger partial charge in [0, 0.05) is 6.42 Å². The molecule has 0 aromatic heterocycles. The van der Waals surface area contributed by atoms with Crippen LogP contribution in [0, 0.1) is 0 Å². The number of aliphatic hydroxyl groups excluding tert-OH is 3. The van der Waals surface area contributed by atoms with Gasteiger partial charge in [0.2, 0.25) is 0 Å². The number of unbranched alkanes of at least 4 members (excludes halogenated alkanes) is 6. The summed E-state index contributed by atoms with van der Waals surface area (Å²) in [6.07, 6.45) is 8.25. The predicted octanol–water partition coefficient (Wildman–Crippen LogP) is 2.47. The van der Waals surface area contributed by atoms with Gasteiger partial charge in [0.05, 0.1) is 24.7 Å². The molecule has 5 heteroatoms. The van der Waals surface area contributed by atoms with Crippen molar-refractivity contribution in [1.29, 1.82) is 0 Å². The maximum Gasteiger partial charge on any atom is 0.309 e. The molecule has 1 aliphatic heterocycles. The van der Waals surface area contributed by atoms with Gasteiger partial charge < -0.3 is 20.1 Å². The summed E-state index contributed by atoms with van der Waals surface area (Å²) in [7, 11) is 0. The lowest BCUT2D eigenvalue weighted by atomic mass is 9.99. The van der Waals surface area contributed by atoms with Crippen LogP contribution in [0.15, 0.2) is 12.2 Å². The predicted molar refractivity (Wildman–Crippen MR) is 88.9 cm³/mol. The van der Waals surface area contributed by atoms with Gasteiger partial charge in [-0.05, 0) is 12.8 Å². The number of carbonyl (C=O) groups excluding carboxylic acids is 1. The molecule has 4 atom stereocenters. The molecular weight excluding hydrogens is 296 g/mol. The monoisotopic (exact) mass is 328 g/mol. The van der Waals surface area contributed by atoms with Crippen molar-refractivity contribution in [2.24, 2.45) is 0 Å². The fraction of sp³-hybridized carbons (Fsp3) is 0.833. The van der Waals surface area contributed by atoms with Gasteiger partial charge in [-0.3, -0.25) is 4.79 Å². The highest BCUT2D eigenvalue weighted by molar-refractivity contribution is 5.70. The molecule has 0 bridgehead atoms. The number of carbonyl (C=O) groups is 1. The highest BCUT2D eigenvalue weighted by Gasteiger charge is 2.24. The number of esters is 1. The lowest BCUT2D eigenvalue weighted by Crippen LogP contribution is -2.33. The first kappa shape index (κ1) is 20.1. The van der Waals surface area contributed by atoms with Crippen LogP contribution in [0.2, 0.25) is 0 Å². The van der Waals surface area contributed by atoms with E-state index in [2.05, 4.69) is 6.92 Å². The molecule has 1 rings (SSSR count). The largest absolute Gasteiger partial charge is 0.462 e. The summed E-state index contributed by atoms with van der Waals surface area (Å²) in [6, 6.07) is 0. The molecule has 0 radical (unpaired) electrons. The highest BCUT2D eigenvalue weighted by atomic mass is 16.5. The van der Waals surface area contributed by atoms with Crippen molar-refractivity contribution in [1.82, 2.24) is 0 Å². The van der Waals surface area contributed by atoms with Gasteiger partial charge in [0.1, 0.15) is 6.10 Å². The number of hydrogen-bond acceptors (Lipinski definition) is 5. The van der Waals surface area contributed by atoms with E-state index in [0.29, 0.717) is 6.42 Å². The summed E-state index contributed by atoms with van der Waals surface area (Å²) in [5.74, 6) is -0.460. The van der Waals surface area contributed by atoms with E-state index in [1.165, 1.54) is 44.3 Å². The first-order valence-corrected chi connectivity index (χ1v) is 8.95. The second-order valence-corrected chi connectivity index (χ2v) is 6.47. The molecule has 0 aromatic rings. The standard InChI is InChI=1S/C18H32O5/c1-2-3-4-5-6-7-8-9-15-13-17(21)16(20)11-10-14(19)12-18(22)23-15/h10-11,14-17,19-21H,2-9,12-13H2,1H3/b11-10+/t14-,15-,16+,17+/m1/s1. The average molecular weight is 328 g/mol. The minimum Gasteiger partial charge on any atom is -0.462 e. The Hall–Kier alpha value is -0.910. The Morgan fingerprint density at radius 1 is 1.04 bits per heavy atom. The molecule has 5 nitrogen and oxygen atoms in total. The van der Waals surface area contributed by atoms with Crippen molar-refractivity contribution in [2.45, 2.75) is 95.5 Å². The molecule has 1 heterocycles. The second kappa shape index (κ2) is 11.6. The molecule has 0 saturated carbocycles. The maximum atomic E-state index is 11.8. The lowest BCUT2D eigenvalue weighted by molar-refractivity contribution is -0.153. The van der Waals surface area contributed by atoms with Crippen LogP contribution in [-0.2, 0) is 9.53 Å². The van der Waals surface area contributed by atoms with Crippen molar-refractivity contribution in [3.8, 4) is 0 Å². The van der Waals surface area contributed by atoms with E-state index in [-0.39, 0.29) is 12.8 Å². The van der Waals surface area contributed by atoms with Gasteiger partial charge in [-0.2, -0.15) is 0 Å². The van der Waals surface area contributed by atoms with Gasteiger partial charge in [-0.25, -0.2) is 0 Å². The molecule has 23 heavy (non-hydrogen) atoms. The van der Waals surface area contributed by atoms with Crippen molar-refractivity contribution in [2.75, 3.05) is 0 Å². The number of ether oxygens (including phenoxy) is 1. The zero-order chi connectivity index (χ0) is 17.1. The Kier molecular flexibility index (Phi) is 10.2. The van der Waals surface area contributed by atoms with Crippen LogP contribution < -0.4 is 0 Å². The zero-order valence-corrected chi connectivity index (χ0v) is 14.2. The maximum absolute atomic E-state index is 11.8. The molecule has 0 fully saturated rings. The SMILES string of the molecule is CCCCCCCCC[C@@H]1C[C@H](O)[C@@H](O)/C=C/[C@@H](O)CC(=O)O1. The molecular formula is C18H32O5. The third-order valence-electron chi connectivity index (χ3n) is 4.23. The normalized spacial score (nSPS) is 30.7. The van der Waals surface area contributed by atoms with Crippen LogP contribution >= 0.6 is 0 Å². The third-order valence-corrected chi connectivity index (χ3v) is 4.23. The Balaban J connectivity index is 2.39. The van der Waals surface area contributed by atoms with E-state index in [1.54, 1.807) is 0 Å². The van der Waals surface area contributed by atoms with Crippen LogP contribution in [-0.4, -0.2) is 45.7 Å². The fourth-order valence-electron chi connectivity index (χ4n) is 2.81. The Morgan fingerprint density at radius 2 is 1.70 bits per heavy atom. The molecule has 3 N–H and O–H groups in total. The van der Waals surface area contributed by atoms with Gasteiger partial charge in [-0.15, -0.1) is 0 Å². The highest BCUT2D eigenvalue weighted by Crippen LogP contribution is 2.18. The second-order valence-electron chi connectivity index (χ2n) is 6.47. The van der Waals surface area contributed by atoms with Gasteiger partial charge in [0.15, 0.2) is 0 Å². The van der Waals surface area contributed by atoms with Crippen LogP contribution in [0.3, 0.4) is 0 Å². The van der Waals surface area contributed by atoms with Crippen LogP contribution in [0.5, 0.6) is 0 Å². The van der Waals surface area contributed by atoms with Gasteiger partial charge >= 0.3 is 5.97 Å². The van der Waals surface area contributed by atoms with E-state index in [1.807, 2.05) is 0 Å². The number of cyclic esters (lactones) is 1. The van der Waals surface area contributed by atoms with Crippen LogP contribution in [0.1, 0.15) is 71.1 Å². The summed E-state index contributed by atoms with van der Waals surface area (Å²) in [4.78, 5) is 11.8. The Bertz CT molecular complexity index is 355. The lowest BCUT2D eigenvalue weighted by Gasteiger charge is -2.24. The molecule has 0 unspecified atom stereocenters. The quantitative estimate of drug-likeness (QED) is 0.362. The zero-order valence-electron chi connectivity index (χ0n) is 14.2. The Labute approximate surface area is 139 Å². The molecule has 0 amide bonds. The molecule has 0 saturated heterocycles. The van der Waals surface area contributed by atoms with Gasteiger partial charge in [-0.1, -0.05) is 57.6 Å². The molecule has 0 aromatic carbocycles. The molecule has 1 aliphatic rings. The first-order chi connectivity index (χ1) is 11.0. The van der Waals surface area contributed by atoms with E-state index in [4.69, 9.17) is 4.74 Å². The smallest absolute Gasteiger partial charge is 0.309 e.